The van der Waals surface area contributed by atoms with E-state index in [2.05, 4.69) is 26.5 Å². The summed E-state index contributed by atoms with van der Waals surface area (Å²) in [6, 6.07) is 23.6. The van der Waals surface area contributed by atoms with Crippen molar-refractivity contribution in [2.45, 2.75) is 27.7 Å². The summed E-state index contributed by atoms with van der Waals surface area (Å²) in [6.45, 7) is 7.94. The van der Waals surface area contributed by atoms with Gasteiger partial charge in [-0.15, -0.1) is 15.3 Å². The Balaban J connectivity index is 1.57. The maximum atomic E-state index is 11.0. The van der Waals surface area contributed by atoms with E-state index < -0.39 is 0 Å². The van der Waals surface area contributed by atoms with Gasteiger partial charge in [0.2, 0.25) is 0 Å². The van der Waals surface area contributed by atoms with Gasteiger partial charge in [0, 0.05) is 21.8 Å². The highest BCUT2D eigenvalue weighted by atomic mass is 16.3. The summed E-state index contributed by atoms with van der Waals surface area (Å²) in [5, 5.41) is 32.3. The van der Waals surface area contributed by atoms with Gasteiger partial charge in [-0.2, -0.15) is 5.11 Å². The van der Waals surface area contributed by atoms with Crippen LogP contribution in [0, 0.1) is 27.7 Å². The van der Waals surface area contributed by atoms with Gasteiger partial charge in [0.05, 0.1) is 17.1 Å². The highest BCUT2D eigenvalue weighted by Gasteiger charge is 2.13. The third kappa shape index (κ3) is 4.41. The fraction of sp³-hybridized carbons (Fsp3) is 0.133. The summed E-state index contributed by atoms with van der Waals surface area (Å²) >= 11 is 0. The number of nitrogen functional groups attached to an aromatic ring is 1. The van der Waals surface area contributed by atoms with Gasteiger partial charge in [0.1, 0.15) is 5.69 Å². The highest BCUT2D eigenvalue weighted by molar-refractivity contribution is 6.00. The van der Waals surface area contributed by atoms with Crippen molar-refractivity contribution in [3.8, 4) is 5.75 Å². The summed E-state index contributed by atoms with van der Waals surface area (Å²) < 4.78 is 0. The van der Waals surface area contributed by atoms with Gasteiger partial charge in [-0.3, -0.25) is 0 Å². The van der Waals surface area contributed by atoms with Gasteiger partial charge in [0.25, 0.3) is 0 Å². The number of aromatic hydroxyl groups is 1. The number of phenolic OH excluding ortho intramolecular Hbond substituents is 1. The molecule has 0 unspecified atom stereocenters. The summed E-state index contributed by atoms with van der Waals surface area (Å²) in [5.74, 6) is 0.0736. The molecule has 5 rings (SSSR count). The number of hydrogen-bond acceptors (Lipinski definition) is 6. The predicted molar refractivity (Wildman–Crippen MR) is 148 cm³/mol. The van der Waals surface area contributed by atoms with E-state index in [4.69, 9.17) is 5.73 Å². The molecule has 6 nitrogen and oxygen atoms in total. The minimum absolute atomic E-state index is 0.0736. The molecule has 0 aliphatic carbocycles. The molecule has 0 saturated carbocycles. The number of hydrogen-bond donors (Lipinski definition) is 2. The molecule has 36 heavy (non-hydrogen) atoms. The van der Waals surface area contributed by atoms with Crippen molar-refractivity contribution < 1.29 is 5.11 Å². The van der Waals surface area contributed by atoms with Gasteiger partial charge in [-0.25, -0.2) is 0 Å². The number of anilines is 1. The van der Waals surface area contributed by atoms with Crippen LogP contribution < -0.4 is 5.73 Å². The van der Waals surface area contributed by atoms with Crippen LogP contribution in [0.2, 0.25) is 0 Å². The number of aryl methyl sites for hydroxylation is 4. The molecule has 0 spiro atoms. The first-order chi connectivity index (χ1) is 17.3. The van der Waals surface area contributed by atoms with E-state index in [0.717, 1.165) is 44.2 Å². The van der Waals surface area contributed by atoms with Crippen LogP contribution in [0.5, 0.6) is 5.75 Å². The Labute approximate surface area is 209 Å². The first-order valence-electron chi connectivity index (χ1n) is 11.8. The fourth-order valence-electron chi connectivity index (χ4n) is 4.25. The van der Waals surface area contributed by atoms with Gasteiger partial charge in [-0.05, 0) is 92.7 Å². The molecule has 5 aromatic carbocycles. The summed E-state index contributed by atoms with van der Waals surface area (Å²) in [6.07, 6.45) is 0. The third-order valence-corrected chi connectivity index (χ3v) is 6.35. The Hall–Kier alpha value is -4.58. The van der Waals surface area contributed by atoms with E-state index >= 15 is 0 Å². The quantitative estimate of drug-likeness (QED) is 0.201. The zero-order valence-electron chi connectivity index (χ0n) is 20.7. The van der Waals surface area contributed by atoms with Crippen LogP contribution in [-0.2, 0) is 0 Å². The Kier molecular flexibility index (Phi) is 5.94. The van der Waals surface area contributed by atoms with E-state index in [0.29, 0.717) is 22.4 Å². The van der Waals surface area contributed by atoms with Crippen molar-refractivity contribution >= 4 is 50.0 Å². The molecule has 0 amide bonds. The van der Waals surface area contributed by atoms with Crippen LogP contribution in [0.3, 0.4) is 0 Å². The van der Waals surface area contributed by atoms with E-state index in [-0.39, 0.29) is 5.75 Å². The first-order valence-corrected chi connectivity index (χ1v) is 11.8. The second-order valence-electron chi connectivity index (χ2n) is 9.21. The lowest BCUT2D eigenvalue weighted by Crippen LogP contribution is -1.90. The molecular formula is C30H27N5O. The monoisotopic (exact) mass is 473 g/mol. The number of phenols is 1. The van der Waals surface area contributed by atoms with E-state index in [1.165, 1.54) is 5.56 Å². The van der Waals surface area contributed by atoms with E-state index in [1.54, 1.807) is 6.07 Å². The minimum Gasteiger partial charge on any atom is -0.505 e. The normalized spacial score (nSPS) is 11.9. The van der Waals surface area contributed by atoms with Crippen molar-refractivity contribution in [3.05, 3.63) is 95.1 Å². The number of nitrogens with two attached hydrogens (primary N) is 1. The van der Waals surface area contributed by atoms with Crippen LogP contribution in [0.4, 0.5) is 28.4 Å². The average Bonchev–Trinajstić information content (AvgIpc) is 2.85. The molecule has 6 heteroatoms. The summed E-state index contributed by atoms with van der Waals surface area (Å²) in [5.41, 5.74) is 13.4. The molecule has 0 aromatic heterocycles. The third-order valence-electron chi connectivity index (χ3n) is 6.35. The molecule has 0 radical (unpaired) electrons. The van der Waals surface area contributed by atoms with Crippen LogP contribution in [0.25, 0.3) is 21.5 Å². The maximum Gasteiger partial charge on any atom is 0.151 e. The van der Waals surface area contributed by atoms with Crippen molar-refractivity contribution in [1.29, 1.82) is 0 Å². The van der Waals surface area contributed by atoms with Crippen molar-refractivity contribution in [2.75, 3.05) is 5.73 Å². The van der Waals surface area contributed by atoms with Crippen molar-refractivity contribution in [3.63, 3.8) is 0 Å². The molecular weight excluding hydrogens is 446 g/mol. The lowest BCUT2D eigenvalue weighted by molar-refractivity contribution is 0.482. The number of azo groups is 2. The number of fused-ring (bicyclic) bond motifs is 2. The summed E-state index contributed by atoms with van der Waals surface area (Å²) in [4.78, 5) is 0. The average molecular weight is 474 g/mol. The zero-order valence-corrected chi connectivity index (χ0v) is 20.7. The van der Waals surface area contributed by atoms with Crippen LogP contribution in [-0.4, -0.2) is 5.11 Å². The first kappa shape index (κ1) is 23.2. The Morgan fingerprint density at radius 3 is 1.97 bits per heavy atom. The number of benzene rings is 5. The van der Waals surface area contributed by atoms with Gasteiger partial charge < -0.3 is 10.8 Å². The SMILES string of the molecule is Cc1ccc(N=Nc2ccc(N=Nc3c(C)cc4cc(C)c(N)cc4c3O)c3cc(C)ccc23)cc1. The molecule has 0 fully saturated rings. The fourth-order valence-corrected chi connectivity index (χ4v) is 4.25. The molecule has 0 heterocycles. The smallest absolute Gasteiger partial charge is 0.151 e. The zero-order chi connectivity index (χ0) is 25.4. The molecule has 178 valence electrons. The second kappa shape index (κ2) is 9.23. The van der Waals surface area contributed by atoms with E-state index in [1.807, 2.05) is 88.4 Å². The standard InChI is InChI=1S/C30H27N5O/c1-17-5-8-22(9-6-17)32-33-27-11-12-28(25-13-18(2)7-10-23(25)27)34-35-29-20(4)15-21-14-19(3)26(31)16-24(21)30(29)36/h5-16,36H,31H2,1-4H3. The molecule has 5 aromatic rings. The highest BCUT2D eigenvalue weighted by Crippen LogP contribution is 2.41. The van der Waals surface area contributed by atoms with Crippen LogP contribution >= 0.6 is 0 Å². The van der Waals surface area contributed by atoms with Crippen molar-refractivity contribution in [1.82, 2.24) is 0 Å². The largest absolute Gasteiger partial charge is 0.505 e. The minimum atomic E-state index is 0.0736. The molecule has 0 aliphatic heterocycles. The molecule has 0 aliphatic rings. The van der Waals surface area contributed by atoms with Gasteiger partial charge >= 0.3 is 0 Å². The van der Waals surface area contributed by atoms with Gasteiger partial charge in [-0.1, -0.05) is 35.4 Å². The molecule has 0 saturated heterocycles. The topological polar surface area (TPSA) is 95.7 Å². The summed E-state index contributed by atoms with van der Waals surface area (Å²) in [7, 11) is 0. The Morgan fingerprint density at radius 1 is 0.583 bits per heavy atom. The van der Waals surface area contributed by atoms with Crippen LogP contribution in [0.15, 0.2) is 93.3 Å². The lowest BCUT2D eigenvalue weighted by Gasteiger charge is -2.10. The van der Waals surface area contributed by atoms with E-state index in [9.17, 15) is 5.11 Å². The molecule has 0 atom stereocenters. The van der Waals surface area contributed by atoms with Gasteiger partial charge in [0.15, 0.2) is 5.75 Å². The Morgan fingerprint density at radius 2 is 1.22 bits per heavy atom. The lowest BCUT2D eigenvalue weighted by atomic mass is 10.0. The number of rotatable bonds is 4. The Bertz CT molecular complexity index is 1680. The van der Waals surface area contributed by atoms with Crippen molar-refractivity contribution in [2.24, 2.45) is 20.5 Å². The second-order valence-corrected chi connectivity index (χ2v) is 9.21. The predicted octanol–water partition coefficient (Wildman–Crippen LogP) is 9.35. The maximum absolute atomic E-state index is 11.0. The molecule has 3 N–H and O–H groups in total. The number of nitrogens with zero attached hydrogens (tertiary/aromatic N) is 4. The van der Waals surface area contributed by atoms with Crippen LogP contribution in [0.1, 0.15) is 22.3 Å². The molecule has 0 bridgehead atoms.